The molecule has 1 N–H and O–H groups in total. The van der Waals surface area contributed by atoms with Crippen LogP contribution in [0.4, 0.5) is 11.4 Å². The molecule has 2 nitrogen and oxygen atoms in total. The fourth-order valence-corrected chi connectivity index (χ4v) is 1.94. The smallest absolute Gasteiger partial charge is 0.116 e. The quantitative estimate of drug-likeness (QED) is 0.592. The van der Waals surface area contributed by atoms with E-state index in [9.17, 15) is 0 Å². The molecule has 1 aliphatic heterocycles. The van der Waals surface area contributed by atoms with Crippen LogP contribution >= 0.6 is 0 Å². The highest BCUT2D eigenvalue weighted by atomic mass is 16.1. The first kappa shape index (κ1) is 11.2. The lowest BCUT2D eigenvalue weighted by Gasteiger charge is -2.20. The van der Waals surface area contributed by atoms with Crippen LogP contribution in [0.15, 0.2) is 55.1 Å². The summed E-state index contributed by atoms with van der Waals surface area (Å²) in [5, 5.41) is 3.44. The van der Waals surface area contributed by atoms with Gasteiger partial charge in [0, 0.05) is 17.8 Å². The van der Waals surface area contributed by atoms with Crippen molar-refractivity contribution in [2.45, 2.75) is 6.42 Å². The van der Waals surface area contributed by atoms with E-state index in [0.717, 1.165) is 6.42 Å². The summed E-state index contributed by atoms with van der Waals surface area (Å²) in [5.41, 5.74) is 5.25. The molecule has 0 spiro atoms. The molecular formula is C15H13NO. The minimum atomic E-state index is 1.04. The normalized spacial score (nSPS) is 10.8. The minimum absolute atomic E-state index is 1.04. The third kappa shape index (κ3) is 2.44. The van der Waals surface area contributed by atoms with E-state index >= 15 is 0 Å². The third-order valence-electron chi connectivity index (χ3n) is 2.68. The maximum Gasteiger partial charge on any atom is 0.116 e. The van der Waals surface area contributed by atoms with Crippen LogP contribution < -0.4 is 5.32 Å². The number of fused-ring (bicyclic) bond motifs is 2. The molecule has 17 heavy (non-hydrogen) atoms. The van der Waals surface area contributed by atoms with Crippen LogP contribution in [0.3, 0.4) is 0 Å². The molecule has 0 saturated carbocycles. The van der Waals surface area contributed by atoms with E-state index in [-0.39, 0.29) is 0 Å². The van der Waals surface area contributed by atoms with Gasteiger partial charge in [-0.1, -0.05) is 36.4 Å². The summed E-state index contributed by atoms with van der Waals surface area (Å²) in [7, 11) is 0. The summed E-state index contributed by atoms with van der Waals surface area (Å²) in [6, 6.07) is 16.9. The molecule has 2 aromatic rings. The highest BCUT2D eigenvalue weighted by molar-refractivity contribution is 5.71. The van der Waals surface area contributed by atoms with Crippen molar-refractivity contribution in [1.82, 2.24) is 0 Å². The van der Waals surface area contributed by atoms with E-state index in [1.165, 1.54) is 28.4 Å². The van der Waals surface area contributed by atoms with Gasteiger partial charge in [-0.25, -0.2) is 4.79 Å². The zero-order valence-electron chi connectivity index (χ0n) is 9.44. The Hall–Kier alpha value is -2.31. The van der Waals surface area contributed by atoms with Gasteiger partial charge in [-0.05, 0) is 29.8 Å². The Morgan fingerprint density at radius 3 is 1.82 bits per heavy atom. The number of anilines is 2. The zero-order chi connectivity index (χ0) is 12.1. The summed E-state index contributed by atoms with van der Waals surface area (Å²) in [5.74, 6) is 1.25. The van der Waals surface area contributed by atoms with E-state index in [4.69, 9.17) is 4.79 Å². The fraction of sp³-hybridized carbons (Fsp3) is 0.0667. The van der Waals surface area contributed by atoms with Crippen molar-refractivity contribution in [3.8, 4) is 0 Å². The second-order valence-corrected chi connectivity index (χ2v) is 3.76. The molecule has 0 bridgehead atoms. The fourth-order valence-electron chi connectivity index (χ4n) is 1.94. The van der Waals surface area contributed by atoms with Crippen LogP contribution in [0.2, 0.25) is 0 Å². The maximum atomic E-state index is 8.57. The minimum Gasteiger partial charge on any atom is -0.355 e. The molecule has 0 atom stereocenters. The van der Waals surface area contributed by atoms with Gasteiger partial charge in [0.2, 0.25) is 0 Å². The number of hydrogen-bond acceptors (Lipinski definition) is 2. The first-order valence-corrected chi connectivity index (χ1v) is 5.42. The Morgan fingerprint density at radius 2 is 1.35 bits per heavy atom. The van der Waals surface area contributed by atoms with Gasteiger partial charge in [-0.3, -0.25) is 0 Å². The Kier molecular flexibility index (Phi) is 3.39. The van der Waals surface area contributed by atoms with Crippen LogP contribution in [0, 0.1) is 0 Å². The van der Waals surface area contributed by atoms with Crippen molar-refractivity contribution < 1.29 is 4.79 Å². The maximum absolute atomic E-state index is 8.57. The van der Waals surface area contributed by atoms with Gasteiger partial charge in [0.05, 0.1) is 0 Å². The lowest BCUT2D eigenvalue weighted by molar-refractivity contribution is 0.569. The van der Waals surface area contributed by atoms with Gasteiger partial charge in [0.1, 0.15) is 5.94 Å². The van der Waals surface area contributed by atoms with Crippen molar-refractivity contribution in [2.75, 3.05) is 5.32 Å². The lowest BCUT2D eigenvalue weighted by Crippen LogP contribution is -2.05. The van der Waals surface area contributed by atoms with Crippen LogP contribution in [0.5, 0.6) is 0 Å². The predicted molar refractivity (Wildman–Crippen MR) is 70.3 cm³/mol. The topological polar surface area (TPSA) is 29.1 Å². The van der Waals surface area contributed by atoms with Crippen molar-refractivity contribution in [1.29, 1.82) is 0 Å². The summed E-state index contributed by atoms with van der Waals surface area (Å²) in [6.07, 6.45) is 1.04. The van der Waals surface area contributed by atoms with Gasteiger partial charge in [-0.2, -0.15) is 0 Å². The van der Waals surface area contributed by atoms with Crippen LogP contribution in [0.1, 0.15) is 11.1 Å². The molecule has 0 aromatic heterocycles. The van der Waals surface area contributed by atoms with E-state index in [2.05, 4.69) is 60.4 Å². The van der Waals surface area contributed by atoms with Gasteiger partial charge in [0.15, 0.2) is 0 Å². The Morgan fingerprint density at radius 1 is 0.941 bits per heavy atom. The highest BCUT2D eigenvalue weighted by Gasteiger charge is 2.12. The number of benzene rings is 2. The molecule has 1 aliphatic rings. The summed E-state index contributed by atoms with van der Waals surface area (Å²) in [6.45, 7) is 2.68. The van der Waals surface area contributed by atoms with Gasteiger partial charge < -0.3 is 5.32 Å². The van der Waals surface area contributed by atoms with Crippen molar-refractivity contribution in [2.24, 2.45) is 0 Å². The SMILES string of the molecule is C=C=O.c1ccc2c(c1)Cc1ccccc1N2. The van der Waals surface area contributed by atoms with E-state index in [0.29, 0.717) is 0 Å². The number of rotatable bonds is 0. The van der Waals surface area contributed by atoms with E-state index < -0.39 is 0 Å². The Labute approximate surface area is 101 Å². The Balaban J connectivity index is 0.000000329. The average Bonchev–Trinajstić information content (AvgIpc) is 2.37. The van der Waals surface area contributed by atoms with Crippen molar-refractivity contribution >= 4 is 17.3 Å². The number of nitrogens with one attached hydrogen (secondary N) is 1. The molecule has 0 unspecified atom stereocenters. The summed E-state index contributed by atoms with van der Waals surface area (Å²) in [4.78, 5) is 8.57. The molecule has 0 amide bonds. The highest BCUT2D eigenvalue weighted by Crippen LogP contribution is 2.31. The molecule has 0 radical (unpaired) electrons. The molecule has 84 valence electrons. The lowest BCUT2D eigenvalue weighted by atomic mass is 9.98. The molecule has 3 rings (SSSR count). The second-order valence-electron chi connectivity index (χ2n) is 3.76. The van der Waals surface area contributed by atoms with Crippen molar-refractivity contribution in [3.63, 3.8) is 0 Å². The van der Waals surface area contributed by atoms with Gasteiger partial charge in [0.25, 0.3) is 0 Å². The van der Waals surface area contributed by atoms with Crippen LogP contribution in [-0.2, 0) is 11.2 Å². The van der Waals surface area contributed by atoms with Crippen molar-refractivity contribution in [3.05, 3.63) is 66.2 Å². The third-order valence-corrected chi connectivity index (χ3v) is 2.68. The van der Waals surface area contributed by atoms with E-state index in [1.807, 2.05) is 0 Å². The van der Waals surface area contributed by atoms with Crippen LogP contribution in [-0.4, -0.2) is 5.94 Å². The first-order chi connectivity index (χ1) is 8.35. The second kappa shape index (κ2) is 5.15. The number of hydrogen-bond donors (Lipinski definition) is 1. The van der Waals surface area contributed by atoms with E-state index in [1.54, 1.807) is 0 Å². The molecule has 0 fully saturated rings. The molecule has 1 heterocycles. The standard InChI is InChI=1S/C13H11N.C2H2O/c1-3-7-12-10(5-1)9-11-6-2-4-8-13(11)14-12;1-2-3/h1-8,14H,9H2;1H2. The average molecular weight is 223 g/mol. The predicted octanol–water partition coefficient (Wildman–Crippen LogP) is 3.34. The monoisotopic (exact) mass is 223 g/mol. The zero-order valence-corrected chi connectivity index (χ0v) is 9.44. The molecule has 0 aliphatic carbocycles. The van der Waals surface area contributed by atoms with Crippen LogP contribution in [0.25, 0.3) is 0 Å². The Bertz CT molecular complexity index is 467. The number of carbonyl (C=O) groups excluding carboxylic acids is 1. The largest absolute Gasteiger partial charge is 0.355 e. The van der Waals surface area contributed by atoms with Gasteiger partial charge in [-0.15, -0.1) is 0 Å². The summed E-state index contributed by atoms with van der Waals surface area (Å²) < 4.78 is 0. The number of para-hydroxylation sites is 2. The van der Waals surface area contributed by atoms with Gasteiger partial charge >= 0.3 is 0 Å². The molecule has 2 aromatic carbocycles. The molecule has 2 heteroatoms. The molecule has 0 saturated heterocycles. The molecular weight excluding hydrogens is 210 g/mol. The summed E-state index contributed by atoms with van der Waals surface area (Å²) >= 11 is 0. The first-order valence-electron chi connectivity index (χ1n) is 5.42.